The van der Waals surface area contributed by atoms with Crippen molar-refractivity contribution in [1.82, 2.24) is 5.16 Å². The summed E-state index contributed by atoms with van der Waals surface area (Å²) < 4.78 is 24.1. The van der Waals surface area contributed by atoms with E-state index in [9.17, 15) is 5.11 Å². The number of benzene rings is 1. The largest absolute Gasteiger partial charge is 0.382 e. The van der Waals surface area contributed by atoms with Gasteiger partial charge in [0.2, 0.25) is 0 Å². The molecule has 2 bridgehead atoms. The van der Waals surface area contributed by atoms with Crippen LogP contribution in [0.3, 0.4) is 0 Å². The second kappa shape index (κ2) is 8.01. The first-order chi connectivity index (χ1) is 14.8. The van der Waals surface area contributed by atoms with E-state index in [1.165, 1.54) is 0 Å². The van der Waals surface area contributed by atoms with E-state index >= 15 is 0 Å². The van der Waals surface area contributed by atoms with E-state index in [1.807, 2.05) is 0 Å². The van der Waals surface area contributed by atoms with E-state index in [2.05, 4.69) is 5.16 Å². The van der Waals surface area contributed by atoms with Crippen LogP contribution in [-0.2, 0) is 26.4 Å². The van der Waals surface area contributed by atoms with Gasteiger partial charge < -0.3 is 23.8 Å². The smallest absolute Gasteiger partial charge is 0.174 e. The lowest BCUT2D eigenvalue weighted by atomic mass is 9.81. The highest BCUT2D eigenvalue weighted by Gasteiger charge is 2.58. The molecule has 1 aromatic heterocycles. The van der Waals surface area contributed by atoms with Gasteiger partial charge in [0.25, 0.3) is 0 Å². The summed E-state index contributed by atoms with van der Waals surface area (Å²) in [5, 5.41) is 15.8. The van der Waals surface area contributed by atoms with Gasteiger partial charge in [-0.25, -0.2) is 0 Å². The number of hydrogen-bond donors (Lipinski definition) is 1. The van der Waals surface area contributed by atoms with Crippen LogP contribution in [0.15, 0.2) is 22.7 Å². The zero-order valence-corrected chi connectivity index (χ0v) is 19.2. The Hall–Kier alpha value is -1.15. The maximum atomic E-state index is 10.7. The number of aliphatic hydroxyl groups is 1. The number of halogens is 2. The number of nitrogens with zero attached hydrogens (tertiary/aromatic N) is 1. The normalized spacial score (nSPS) is 27.3. The molecule has 1 spiro atoms. The second-order valence-corrected chi connectivity index (χ2v) is 10.1. The van der Waals surface area contributed by atoms with Crippen LogP contribution < -0.4 is 0 Å². The topological polar surface area (TPSA) is 74.0 Å². The number of rotatable bonds is 5. The van der Waals surface area contributed by atoms with Crippen LogP contribution in [0.4, 0.5) is 0 Å². The van der Waals surface area contributed by atoms with Crippen molar-refractivity contribution in [1.29, 1.82) is 0 Å². The molecule has 168 valence electrons. The van der Waals surface area contributed by atoms with Crippen molar-refractivity contribution in [3.8, 4) is 11.3 Å². The fraction of sp³-hybridized carbons (Fsp3) is 0.609. The summed E-state index contributed by atoms with van der Waals surface area (Å²) in [6.45, 7) is 4.92. The van der Waals surface area contributed by atoms with Gasteiger partial charge in [-0.3, -0.25) is 0 Å². The summed E-state index contributed by atoms with van der Waals surface area (Å²) in [7, 11) is 0. The lowest BCUT2D eigenvalue weighted by Gasteiger charge is -2.41. The molecule has 0 unspecified atom stereocenters. The van der Waals surface area contributed by atoms with Crippen LogP contribution in [0.25, 0.3) is 11.3 Å². The SMILES string of the molecule is CC(C)(O)c1onc(-c2c(Cl)cccc2Cl)c1CO[C@@H]1C[C@H]2CC[C@@H](C1)C21OCCO1. The third-order valence-corrected chi connectivity index (χ3v) is 7.47. The lowest BCUT2D eigenvalue weighted by Crippen LogP contribution is -2.47. The molecule has 1 N–H and O–H groups in total. The molecule has 2 aliphatic carbocycles. The summed E-state index contributed by atoms with van der Waals surface area (Å²) in [6.07, 6.45) is 4.07. The van der Waals surface area contributed by atoms with E-state index in [-0.39, 0.29) is 12.7 Å². The van der Waals surface area contributed by atoms with Crippen LogP contribution in [0.5, 0.6) is 0 Å². The Morgan fingerprint density at radius 1 is 1.13 bits per heavy atom. The van der Waals surface area contributed by atoms with Gasteiger partial charge in [-0.05, 0) is 51.7 Å². The van der Waals surface area contributed by atoms with Crippen molar-refractivity contribution in [3.05, 3.63) is 39.6 Å². The van der Waals surface area contributed by atoms with Gasteiger partial charge in [-0.2, -0.15) is 0 Å². The quantitative estimate of drug-likeness (QED) is 0.640. The lowest BCUT2D eigenvalue weighted by molar-refractivity contribution is -0.238. The van der Waals surface area contributed by atoms with Gasteiger partial charge in [0.05, 0.1) is 41.5 Å². The van der Waals surface area contributed by atoms with Crippen LogP contribution in [0, 0.1) is 11.8 Å². The Morgan fingerprint density at radius 3 is 2.32 bits per heavy atom. The molecule has 1 aromatic carbocycles. The summed E-state index contributed by atoms with van der Waals surface area (Å²) in [4.78, 5) is 0. The molecule has 2 saturated carbocycles. The first-order valence-electron chi connectivity index (χ1n) is 10.8. The first-order valence-corrected chi connectivity index (χ1v) is 11.6. The molecule has 3 atom stereocenters. The molecule has 5 rings (SSSR count). The molecule has 31 heavy (non-hydrogen) atoms. The second-order valence-electron chi connectivity index (χ2n) is 9.29. The van der Waals surface area contributed by atoms with Gasteiger partial charge in [0.1, 0.15) is 11.3 Å². The van der Waals surface area contributed by atoms with Gasteiger partial charge in [-0.1, -0.05) is 34.4 Å². The van der Waals surface area contributed by atoms with Crippen molar-refractivity contribution in [2.24, 2.45) is 11.8 Å². The maximum absolute atomic E-state index is 10.7. The molecule has 3 fully saturated rings. The fourth-order valence-corrected chi connectivity index (χ4v) is 6.11. The van der Waals surface area contributed by atoms with Crippen molar-refractivity contribution in [3.63, 3.8) is 0 Å². The van der Waals surface area contributed by atoms with Crippen molar-refractivity contribution < 1.29 is 23.8 Å². The van der Waals surface area contributed by atoms with Crippen LogP contribution in [-0.4, -0.2) is 35.4 Å². The van der Waals surface area contributed by atoms with Crippen molar-refractivity contribution >= 4 is 23.2 Å². The summed E-state index contributed by atoms with van der Waals surface area (Å²) in [6, 6.07) is 5.29. The molecular formula is C23H27Cl2NO5. The molecule has 8 heteroatoms. The molecule has 2 heterocycles. The monoisotopic (exact) mass is 467 g/mol. The molecule has 6 nitrogen and oxygen atoms in total. The van der Waals surface area contributed by atoms with E-state index in [0.29, 0.717) is 57.7 Å². The van der Waals surface area contributed by atoms with Gasteiger partial charge in [0, 0.05) is 17.4 Å². The van der Waals surface area contributed by atoms with Crippen LogP contribution in [0.1, 0.15) is 50.9 Å². The highest BCUT2D eigenvalue weighted by Crippen LogP contribution is 2.54. The van der Waals surface area contributed by atoms with Gasteiger partial charge in [0.15, 0.2) is 11.5 Å². The minimum atomic E-state index is -1.22. The standard InChI is InChI=1S/C23H27Cl2NO5/c1-22(2,27)21-16(20(26-31-21)19-17(24)4-3-5-18(19)25)12-28-15-10-13-6-7-14(11-15)23(13)29-8-9-30-23/h3-5,13-15,27H,6-12H2,1-2H3/t13-,14+,15-. The molecule has 2 aromatic rings. The number of ether oxygens (including phenoxy) is 3. The summed E-state index contributed by atoms with van der Waals surface area (Å²) >= 11 is 12.9. The average Bonchev–Trinajstić information content (AvgIpc) is 3.39. The van der Waals surface area contributed by atoms with E-state index in [1.54, 1.807) is 32.0 Å². The maximum Gasteiger partial charge on any atom is 0.174 e. The number of aromatic nitrogens is 1. The highest BCUT2D eigenvalue weighted by atomic mass is 35.5. The van der Waals surface area contributed by atoms with E-state index < -0.39 is 11.4 Å². The Labute approximate surface area is 191 Å². The van der Waals surface area contributed by atoms with Gasteiger partial charge in [-0.15, -0.1) is 0 Å². The molecule has 3 aliphatic rings. The Balaban J connectivity index is 1.40. The first kappa shape index (κ1) is 21.7. The predicted molar refractivity (Wildman–Crippen MR) is 116 cm³/mol. The Morgan fingerprint density at radius 2 is 1.74 bits per heavy atom. The Kier molecular flexibility index (Phi) is 5.60. The molecule has 0 radical (unpaired) electrons. The molecular weight excluding hydrogens is 441 g/mol. The molecule has 0 amide bonds. The van der Waals surface area contributed by atoms with E-state index in [0.717, 1.165) is 25.7 Å². The van der Waals surface area contributed by atoms with Crippen LogP contribution >= 0.6 is 23.2 Å². The summed E-state index contributed by atoms with van der Waals surface area (Å²) in [5.74, 6) is 0.669. The minimum absolute atomic E-state index is 0.0787. The molecule has 1 aliphatic heterocycles. The van der Waals surface area contributed by atoms with Gasteiger partial charge >= 0.3 is 0 Å². The van der Waals surface area contributed by atoms with Crippen LogP contribution in [0.2, 0.25) is 10.0 Å². The Bertz CT molecular complexity index is 927. The predicted octanol–water partition coefficient (Wildman–Crippen LogP) is 5.32. The minimum Gasteiger partial charge on any atom is -0.382 e. The average molecular weight is 468 g/mol. The molecule has 1 saturated heterocycles. The van der Waals surface area contributed by atoms with Crippen molar-refractivity contribution in [2.45, 2.75) is 63.6 Å². The fourth-order valence-electron chi connectivity index (χ4n) is 5.53. The zero-order chi connectivity index (χ0) is 21.8. The van der Waals surface area contributed by atoms with Crippen molar-refractivity contribution in [2.75, 3.05) is 13.2 Å². The third kappa shape index (κ3) is 3.71. The zero-order valence-electron chi connectivity index (χ0n) is 17.7. The van der Waals surface area contributed by atoms with E-state index in [4.69, 9.17) is 41.9 Å². The third-order valence-electron chi connectivity index (χ3n) is 6.84. The number of hydrogen-bond acceptors (Lipinski definition) is 6. The highest BCUT2D eigenvalue weighted by molar-refractivity contribution is 6.39. The summed E-state index contributed by atoms with van der Waals surface area (Å²) in [5.41, 5.74) is 0.534.